The molecule has 39 heavy (non-hydrogen) atoms. The number of hydrogen-bond acceptors (Lipinski definition) is 6. The summed E-state index contributed by atoms with van der Waals surface area (Å²) < 4.78 is 7.77. The summed E-state index contributed by atoms with van der Waals surface area (Å²) in [5.74, 6) is 1.24. The topological polar surface area (TPSA) is 81.4 Å². The number of thioether (sulfide) groups is 1. The van der Waals surface area contributed by atoms with Crippen LogP contribution in [0, 0.1) is 0 Å². The first-order valence-corrected chi connectivity index (χ1v) is 13.5. The molecule has 0 radical (unpaired) electrons. The Balaban J connectivity index is 1.21. The predicted molar refractivity (Wildman–Crippen MR) is 155 cm³/mol. The fourth-order valence-electron chi connectivity index (χ4n) is 3.73. The van der Waals surface area contributed by atoms with Gasteiger partial charge in [-0.3, -0.25) is 9.36 Å². The fraction of sp³-hybridized carbons (Fsp3) is 0.0667. The Bertz CT molecular complexity index is 1560. The van der Waals surface area contributed by atoms with Gasteiger partial charge in [0.25, 0.3) is 5.91 Å². The summed E-state index contributed by atoms with van der Waals surface area (Å²) in [6, 6.07) is 34.6. The summed E-state index contributed by atoms with van der Waals surface area (Å²) in [4.78, 5) is 12.6. The molecule has 1 heterocycles. The van der Waals surface area contributed by atoms with E-state index in [0.29, 0.717) is 22.6 Å². The smallest absolute Gasteiger partial charge is 0.250 e. The summed E-state index contributed by atoms with van der Waals surface area (Å²) in [5.41, 5.74) is 6.23. The lowest BCUT2D eigenvalue weighted by atomic mass is 10.2. The van der Waals surface area contributed by atoms with Crippen LogP contribution in [0.25, 0.3) is 17.1 Å². The second-order valence-corrected chi connectivity index (χ2v) is 9.79. The van der Waals surface area contributed by atoms with Gasteiger partial charge >= 0.3 is 0 Å². The Hall–Kier alpha value is -4.40. The van der Waals surface area contributed by atoms with Crippen LogP contribution < -0.4 is 10.2 Å². The molecule has 0 spiro atoms. The van der Waals surface area contributed by atoms with Crippen LogP contribution in [0.15, 0.2) is 119 Å². The van der Waals surface area contributed by atoms with Gasteiger partial charge < -0.3 is 4.74 Å². The molecule has 1 amide bonds. The maximum absolute atomic E-state index is 12.6. The number of nitrogens with one attached hydrogen (secondary N) is 1. The molecule has 1 N–H and O–H groups in total. The van der Waals surface area contributed by atoms with Gasteiger partial charge in [0.15, 0.2) is 11.0 Å². The van der Waals surface area contributed by atoms with E-state index in [1.807, 2.05) is 114 Å². The number of ether oxygens (including phenoxy) is 1. The van der Waals surface area contributed by atoms with Crippen molar-refractivity contribution in [2.45, 2.75) is 11.8 Å². The highest BCUT2D eigenvalue weighted by Crippen LogP contribution is 2.28. The molecular weight excluding hydrogens is 530 g/mol. The molecule has 0 aliphatic rings. The van der Waals surface area contributed by atoms with Crippen LogP contribution in [-0.4, -0.2) is 32.6 Å². The molecule has 0 aliphatic heterocycles. The monoisotopic (exact) mass is 553 g/mol. The van der Waals surface area contributed by atoms with Crippen LogP contribution in [0.5, 0.6) is 5.75 Å². The van der Waals surface area contributed by atoms with Gasteiger partial charge in [0.05, 0.1) is 12.0 Å². The maximum atomic E-state index is 12.6. The molecule has 7 nitrogen and oxygen atoms in total. The van der Waals surface area contributed by atoms with E-state index >= 15 is 0 Å². The average molecular weight is 554 g/mol. The Morgan fingerprint density at radius 3 is 2.44 bits per heavy atom. The molecule has 5 aromatic rings. The molecule has 0 saturated carbocycles. The Kier molecular flexibility index (Phi) is 8.68. The minimum Gasteiger partial charge on any atom is -0.489 e. The lowest BCUT2D eigenvalue weighted by molar-refractivity contribution is -0.118. The average Bonchev–Trinajstić information content (AvgIpc) is 3.41. The number of rotatable bonds is 10. The third-order valence-electron chi connectivity index (χ3n) is 5.59. The van der Waals surface area contributed by atoms with Crippen LogP contribution in [0.1, 0.15) is 11.1 Å². The molecule has 0 atom stereocenters. The summed E-state index contributed by atoms with van der Waals surface area (Å²) >= 11 is 7.37. The lowest BCUT2D eigenvalue weighted by Crippen LogP contribution is -2.20. The van der Waals surface area contributed by atoms with E-state index in [1.54, 1.807) is 6.21 Å². The maximum Gasteiger partial charge on any atom is 0.250 e. The number of benzene rings is 4. The van der Waals surface area contributed by atoms with Crippen LogP contribution >= 0.6 is 23.4 Å². The summed E-state index contributed by atoms with van der Waals surface area (Å²) in [6.45, 7) is 0.474. The molecule has 5 rings (SSSR count). The molecule has 4 aromatic carbocycles. The normalized spacial score (nSPS) is 11.0. The van der Waals surface area contributed by atoms with E-state index < -0.39 is 0 Å². The Labute approximate surface area is 235 Å². The number of nitrogens with zero attached hydrogens (tertiary/aromatic N) is 4. The first-order chi connectivity index (χ1) is 19.2. The fourth-order valence-corrected chi connectivity index (χ4v) is 4.60. The quantitative estimate of drug-likeness (QED) is 0.123. The van der Waals surface area contributed by atoms with Gasteiger partial charge in [-0.05, 0) is 47.5 Å². The molecule has 0 saturated heterocycles. The van der Waals surface area contributed by atoms with E-state index in [1.165, 1.54) is 11.8 Å². The van der Waals surface area contributed by atoms with Gasteiger partial charge in [-0.25, -0.2) is 5.43 Å². The van der Waals surface area contributed by atoms with Crippen molar-refractivity contribution in [3.63, 3.8) is 0 Å². The number of carbonyl (C=O) groups excluding carboxylic acids is 1. The highest BCUT2D eigenvalue weighted by atomic mass is 35.5. The van der Waals surface area contributed by atoms with E-state index in [2.05, 4.69) is 20.7 Å². The first-order valence-electron chi connectivity index (χ1n) is 12.1. The van der Waals surface area contributed by atoms with Crippen LogP contribution in [-0.2, 0) is 11.4 Å². The molecule has 0 bridgehead atoms. The molecule has 0 unspecified atom stereocenters. The van der Waals surface area contributed by atoms with Crippen molar-refractivity contribution in [3.05, 3.63) is 125 Å². The second kappa shape index (κ2) is 12.9. The van der Waals surface area contributed by atoms with E-state index in [4.69, 9.17) is 16.3 Å². The van der Waals surface area contributed by atoms with Gasteiger partial charge in [-0.15, -0.1) is 10.2 Å². The van der Waals surface area contributed by atoms with Gasteiger partial charge in [0.2, 0.25) is 0 Å². The minimum atomic E-state index is -0.264. The zero-order chi connectivity index (χ0) is 26.9. The summed E-state index contributed by atoms with van der Waals surface area (Å²) in [5, 5.41) is 14.1. The summed E-state index contributed by atoms with van der Waals surface area (Å²) in [7, 11) is 0. The molecule has 0 fully saturated rings. The molecule has 194 valence electrons. The molecule has 9 heteroatoms. The van der Waals surface area contributed by atoms with Gasteiger partial charge in [0, 0.05) is 16.3 Å². The zero-order valence-corrected chi connectivity index (χ0v) is 22.3. The number of aromatic nitrogens is 3. The van der Waals surface area contributed by atoms with E-state index in [-0.39, 0.29) is 11.7 Å². The van der Waals surface area contributed by atoms with E-state index in [9.17, 15) is 4.79 Å². The first kappa shape index (κ1) is 26.2. The largest absolute Gasteiger partial charge is 0.489 e. The number of hydrazone groups is 1. The lowest BCUT2D eigenvalue weighted by Gasteiger charge is -2.10. The minimum absolute atomic E-state index is 0.109. The van der Waals surface area contributed by atoms with E-state index in [0.717, 1.165) is 28.1 Å². The standard InChI is InChI=1S/C30H24ClN5O2S/c31-25-14-16-26(17-15-25)36-29(24-11-5-2-6-12-24)34-35-30(36)39-21-28(37)33-32-19-23-10-7-13-27(18-23)38-20-22-8-3-1-4-9-22/h1-19H,20-21H2,(H,33,37)/b32-19+. The van der Waals surface area contributed by atoms with Crippen LogP contribution in [0.2, 0.25) is 5.02 Å². The number of halogens is 1. The second-order valence-electron chi connectivity index (χ2n) is 8.41. The highest BCUT2D eigenvalue weighted by Gasteiger charge is 2.17. The summed E-state index contributed by atoms with van der Waals surface area (Å²) in [6.07, 6.45) is 1.58. The third-order valence-corrected chi connectivity index (χ3v) is 6.77. The van der Waals surface area contributed by atoms with Crippen molar-refractivity contribution < 1.29 is 9.53 Å². The highest BCUT2D eigenvalue weighted by molar-refractivity contribution is 7.99. The number of hydrogen-bond donors (Lipinski definition) is 1. The van der Waals surface area contributed by atoms with Crippen LogP contribution in [0.4, 0.5) is 0 Å². The molecular formula is C30H24ClN5O2S. The van der Waals surface area contributed by atoms with Gasteiger partial charge in [-0.2, -0.15) is 5.10 Å². The van der Waals surface area contributed by atoms with Crippen molar-refractivity contribution in [2.24, 2.45) is 5.10 Å². The Morgan fingerprint density at radius 1 is 0.923 bits per heavy atom. The van der Waals surface area contributed by atoms with Crippen molar-refractivity contribution in [1.29, 1.82) is 0 Å². The van der Waals surface area contributed by atoms with Crippen molar-refractivity contribution in [2.75, 3.05) is 5.75 Å². The van der Waals surface area contributed by atoms with Crippen molar-refractivity contribution in [1.82, 2.24) is 20.2 Å². The van der Waals surface area contributed by atoms with Gasteiger partial charge in [-0.1, -0.05) is 96.2 Å². The third kappa shape index (κ3) is 7.13. The molecule has 1 aromatic heterocycles. The zero-order valence-electron chi connectivity index (χ0n) is 20.8. The predicted octanol–water partition coefficient (Wildman–Crippen LogP) is 6.41. The van der Waals surface area contributed by atoms with Crippen LogP contribution in [0.3, 0.4) is 0 Å². The van der Waals surface area contributed by atoms with Gasteiger partial charge in [0.1, 0.15) is 12.4 Å². The number of amides is 1. The molecule has 0 aliphatic carbocycles. The van der Waals surface area contributed by atoms with Crippen molar-refractivity contribution >= 4 is 35.5 Å². The number of carbonyl (C=O) groups is 1. The Morgan fingerprint density at radius 2 is 1.67 bits per heavy atom. The van der Waals surface area contributed by atoms with Crippen molar-refractivity contribution in [3.8, 4) is 22.8 Å². The SMILES string of the molecule is O=C(CSc1nnc(-c2ccccc2)n1-c1ccc(Cl)cc1)N/N=C/c1cccc(OCc2ccccc2)c1.